The zero-order valence-corrected chi connectivity index (χ0v) is 11.5. The van der Waals surface area contributed by atoms with Crippen LogP contribution >= 0.6 is 11.3 Å². The number of aromatic nitrogens is 1. The molecule has 0 bridgehead atoms. The highest BCUT2D eigenvalue weighted by molar-refractivity contribution is 7.09. The summed E-state index contributed by atoms with van der Waals surface area (Å²) in [5.74, 6) is -0.155. The Hall–Kier alpha value is -1.47. The van der Waals surface area contributed by atoms with Crippen molar-refractivity contribution in [3.05, 3.63) is 16.1 Å². The number of rotatable bonds is 3. The lowest BCUT2D eigenvalue weighted by Gasteiger charge is -2.18. The summed E-state index contributed by atoms with van der Waals surface area (Å²) in [6, 6.07) is -0.308. The molecule has 0 aromatic carbocycles. The number of ether oxygens (including phenoxy) is 1. The van der Waals surface area contributed by atoms with Crippen molar-refractivity contribution < 1.29 is 14.3 Å². The van der Waals surface area contributed by atoms with E-state index in [1.54, 1.807) is 16.8 Å². The number of amides is 3. The normalized spacial score (nSPS) is 26.5. The van der Waals surface area contributed by atoms with Crippen molar-refractivity contribution in [2.24, 2.45) is 0 Å². The summed E-state index contributed by atoms with van der Waals surface area (Å²) in [7, 11) is 0. The lowest BCUT2D eigenvalue weighted by Crippen LogP contribution is -2.47. The molecule has 102 valence electrons. The van der Waals surface area contributed by atoms with Crippen LogP contribution in [0.2, 0.25) is 0 Å². The van der Waals surface area contributed by atoms with Gasteiger partial charge in [0.05, 0.1) is 17.8 Å². The number of nitrogens with zero attached hydrogens (tertiary/aromatic N) is 2. The zero-order valence-electron chi connectivity index (χ0n) is 10.6. The van der Waals surface area contributed by atoms with Gasteiger partial charge in [0.1, 0.15) is 5.54 Å². The summed E-state index contributed by atoms with van der Waals surface area (Å²) < 4.78 is 5.25. The maximum Gasteiger partial charge on any atom is 0.325 e. The van der Waals surface area contributed by atoms with E-state index < -0.39 is 5.54 Å². The molecule has 3 amide bonds. The number of carbonyl (C=O) groups excluding carboxylic acids is 2. The molecule has 2 fully saturated rings. The van der Waals surface area contributed by atoms with Crippen molar-refractivity contribution in [3.63, 3.8) is 0 Å². The minimum absolute atomic E-state index is 0.155. The van der Waals surface area contributed by atoms with Crippen LogP contribution in [0, 0.1) is 6.92 Å². The Morgan fingerprint density at radius 1 is 1.58 bits per heavy atom. The standard InChI is InChI=1S/C12H15N3O3S/c1-8-9(19-7-13-8)2-4-15-10(16)12(14-11(15)17)3-5-18-6-12/h7H,2-6H2,1H3,(H,14,17). The number of carbonyl (C=O) groups is 2. The summed E-state index contributed by atoms with van der Waals surface area (Å²) in [6.45, 7) is 3.14. The predicted molar refractivity (Wildman–Crippen MR) is 69.0 cm³/mol. The van der Waals surface area contributed by atoms with Gasteiger partial charge in [-0.15, -0.1) is 11.3 Å². The van der Waals surface area contributed by atoms with Crippen LogP contribution in [0.4, 0.5) is 4.79 Å². The smallest absolute Gasteiger partial charge is 0.325 e. The number of nitrogens with one attached hydrogen (secondary N) is 1. The van der Waals surface area contributed by atoms with Gasteiger partial charge in [0.15, 0.2) is 0 Å². The van der Waals surface area contributed by atoms with Gasteiger partial charge in [-0.1, -0.05) is 0 Å². The maximum atomic E-state index is 12.3. The molecule has 1 aromatic heterocycles. The van der Waals surface area contributed by atoms with Crippen LogP contribution in [0.15, 0.2) is 5.51 Å². The van der Waals surface area contributed by atoms with Crippen LogP contribution in [0.25, 0.3) is 0 Å². The first-order valence-electron chi connectivity index (χ1n) is 6.23. The molecule has 1 unspecified atom stereocenters. The van der Waals surface area contributed by atoms with E-state index >= 15 is 0 Å². The fourth-order valence-corrected chi connectivity index (χ4v) is 3.26. The van der Waals surface area contributed by atoms with E-state index in [1.165, 1.54) is 4.90 Å². The predicted octanol–water partition coefficient (Wildman–Crippen LogP) is 0.705. The molecule has 6 nitrogen and oxygen atoms in total. The monoisotopic (exact) mass is 281 g/mol. The fourth-order valence-electron chi connectivity index (χ4n) is 2.49. The van der Waals surface area contributed by atoms with Crippen molar-refractivity contribution in [1.29, 1.82) is 0 Å². The maximum absolute atomic E-state index is 12.3. The molecule has 1 spiro atoms. The summed E-state index contributed by atoms with van der Waals surface area (Å²) in [6.07, 6.45) is 1.22. The molecule has 7 heteroatoms. The Morgan fingerprint density at radius 3 is 3.05 bits per heavy atom. The van der Waals surface area contributed by atoms with E-state index in [4.69, 9.17) is 4.74 Å². The first-order chi connectivity index (χ1) is 9.12. The average molecular weight is 281 g/mol. The minimum atomic E-state index is -0.806. The first kappa shape index (κ1) is 12.6. The largest absolute Gasteiger partial charge is 0.378 e. The van der Waals surface area contributed by atoms with Gasteiger partial charge in [-0.05, 0) is 6.92 Å². The molecule has 1 aromatic rings. The van der Waals surface area contributed by atoms with E-state index in [2.05, 4.69) is 10.3 Å². The van der Waals surface area contributed by atoms with E-state index in [-0.39, 0.29) is 18.5 Å². The topological polar surface area (TPSA) is 71.5 Å². The highest BCUT2D eigenvalue weighted by atomic mass is 32.1. The molecule has 3 heterocycles. The third kappa shape index (κ3) is 2.02. The zero-order chi connectivity index (χ0) is 13.5. The third-order valence-electron chi connectivity index (χ3n) is 3.67. The van der Waals surface area contributed by atoms with Gasteiger partial charge in [0.2, 0.25) is 0 Å². The van der Waals surface area contributed by atoms with Gasteiger partial charge in [0.25, 0.3) is 5.91 Å². The number of aryl methyl sites for hydroxylation is 1. The Labute approximate surface area is 114 Å². The highest BCUT2D eigenvalue weighted by Crippen LogP contribution is 2.27. The third-order valence-corrected chi connectivity index (χ3v) is 4.67. The van der Waals surface area contributed by atoms with Crippen LogP contribution in [0.3, 0.4) is 0 Å². The quantitative estimate of drug-likeness (QED) is 0.828. The van der Waals surface area contributed by atoms with Crippen LogP contribution in [0.1, 0.15) is 17.0 Å². The number of thiazole rings is 1. The summed E-state index contributed by atoms with van der Waals surface area (Å²) in [4.78, 5) is 30.8. The van der Waals surface area contributed by atoms with Gasteiger partial charge in [-0.2, -0.15) is 0 Å². The number of imide groups is 1. The first-order valence-corrected chi connectivity index (χ1v) is 7.11. The van der Waals surface area contributed by atoms with E-state index in [9.17, 15) is 9.59 Å². The van der Waals surface area contributed by atoms with Crippen LogP contribution < -0.4 is 5.32 Å². The van der Waals surface area contributed by atoms with E-state index in [0.29, 0.717) is 26.0 Å². The molecule has 1 N–H and O–H groups in total. The molecule has 19 heavy (non-hydrogen) atoms. The van der Waals surface area contributed by atoms with Gasteiger partial charge in [-0.3, -0.25) is 9.69 Å². The minimum Gasteiger partial charge on any atom is -0.378 e. The van der Waals surface area contributed by atoms with Crippen molar-refractivity contribution in [1.82, 2.24) is 15.2 Å². The second-order valence-electron chi connectivity index (χ2n) is 4.88. The molecule has 1 atom stereocenters. The molecule has 2 aliphatic heterocycles. The summed E-state index contributed by atoms with van der Waals surface area (Å²) in [5, 5.41) is 2.77. The summed E-state index contributed by atoms with van der Waals surface area (Å²) >= 11 is 1.55. The Bertz CT molecular complexity index is 522. The van der Waals surface area contributed by atoms with Crippen molar-refractivity contribution >= 4 is 23.3 Å². The molecule has 0 saturated carbocycles. The second-order valence-corrected chi connectivity index (χ2v) is 5.82. The van der Waals surface area contributed by atoms with Crippen LogP contribution in [-0.2, 0) is 16.0 Å². The van der Waals surface area contributed by atoms with Gasteiger partial charge in [-0.25, -0.2) is 9.78 Å². The SMILES string of the molecule is Cc1ncsc1CCN1C(=O)NC2(CCOC2)C1=O. The Morgan fingerprint density at radius 2 is 2.42 bits per heavy atom. The number of hydrogen-bond donors (Lipinski definition) is 1. The van der Waals surface area contributed by atoms with Crippen LogP contribution in [0.5, 0.6) is 0 Å². The number of urea groups is 1. The van der Waals surface area contributed by atoms with Gasteiger partial charge < -0.3 is 10.1 Å². The second kappa shape index (κ2) is 4.57. The van der Waals surface area contributed by atoms with Crippen molar-refractivity contribution in [2.45, 2.75) is 25.3 Å². The lowest BCUT2D eigenvalue weighted by atomic mass is 9.99. The van der Waals surface area contributed by atoms with Crippen molar-refractivity contribution in [2.75, 3.05) is 19.8 Å². The molecular formula is C12H15N3O3S. The van der Waals surface area contributed by atoms with E-state index in [0.717, 1.165) is 10.6 Å². The molecule has 0 aliphatic carbocycles. The highest BCUT2D eigenvalue weighted by Gasteiger charge is 2.53. The molecule has 0 radical (unpaired) electrons. The Kier molecular flexibility index (Phi) is 3.02. The van der Waals surface area contributed by atoms with Gasteiger partial charge in [0, 0.05) is 30.9 Å². The summed E-state index contributed by atoms with van der Waals surface area (Å²) in [5.41, 5.74) is 1.94. The van der Waals surface area contributed by atoms with Crippen LogP contribution in [-0.4, -0.2) is 47.1 Å². The van der Waals surface area contributed by atoms with Gasteiger partial charge >= 0.3 is 6.03 Å². The number of hydrogen-bond acceptors (Lipinski definition) is 5. The lowest BCUT2D eigenvalue weighted by molar-refractivity contribution is -0.131. The molecular weight excluding hydrogens is 266 g/mol. The van der Waals surface area contributed by atoms with Crippen molar-refractivity contribution in [3.8, 4) is 0 Å². The fraction of sp³-hybridized carbons (Fsp3) is 0.583. The molecule has 2 aliphatic rings. The van der Waals surface area contributed by atoms with E-state index in [1.807, 2.05) is 6.92 Å². The molecule has 2 saturated heterocycles. The Balaban J connectivity index is 1.70. The average Bonchev–Trinajstić information content (AvgIpc) is 3.04. The molecule has 3 rings (SSSR count).